The van der Waals surface area contributed by atoms with Crippen molar-refractivity contribution in [3.63, 3.8) is 0 Å². The summed E-state index contributed by atoms with van der Waals surface area (Å²) in [6.45, 7) is 1.87. The number of benzene rings is 1. The van der Waals surface area contributed by atoms with E-state index in [1.165, 1.54) is 6.07 Å². The molecule has 27 heavy (non-hydrogen) atoms. The van der Waals surface area contributed by atoms with Gasteiger partial charge in [0.1, 0.15) is 11.9 Å². The summed E-state index contributed by atoms with van der Waals surface area (Å²) in [5.41, 5.74) is 2.84. The van der Waals surface area contributed by atoms with Crippen molar-refractivity contribution in [3.8, 4) is 17.2 Å². The SMILES string of the molecule is Cc1[nH]ncc1-c1ccc(CC(C#N)NC(=O)[C@H]2N[C@@H]3CCC2C3)c(F)c1. The van der Waals surface area contributed by atoms with Gasteiger partial charge in [0.2, 0.25) is 5.91 Å². The molecule has 6 nitrogen and oxygen atoms in total. The molecular weight excluding hydrogens is 345 g/mol. The summed E-state index contributed by atoms with van der Waals surface area (Å²) in [6.07, 6.45) is 4.99. The van der Waals surface area contributed by atoms with Crippen molar-refractivity contribution in [2.45, 2.75) is 50.7 Å². The van der Waals surface area contributed by atoms with Crippen molar-refractivity contribution in [1.82, 2.24) is 20.8 Å². The highest BCUT2D eigenvalue weighted by atomic mass is 19.1. The van der Waals surface area contributed by atoms with Gasteiger partial charge in [-0.15, -0.1) is 0 Å². The molecule has 140 valence electrons. The molecule has 1 aromatic heterocycles. The summed E-state index contributed by atoms with van der Waals surface area (Å²) in [5.74, 6) is -0.191. The molecule has 1 aliphatic carbocycles. The molecule has 1 amide bonds. The number of aromatic amines is 1. The van der Waals surface area contributed by atoms with Crippen molar-refractivity contribution in [3.05, 3.63) is 41.5 Å². The molecule has 2 aliphatic rings. The first kappa shape index (κ1) is 17.7. The molecule has 1 saturated carbocycles. The van der Waals surface area contributed by atoms with Gasteiger partial charge in [-0.2, -0.15) is 10.4 Å². The van der Waals surface area contributed by atoms with Crippen LogP contribution in [0.25, 0.3) is 11.1 Å². The van der Waals surface area contributed by atoms with Crippen molar-refractivity contribution < 1.29 is 9.18 Å². The second-order valence-electron chi connectivity index (χ2n) is 7.52. The summed E-state index contributed by atoms with van der Waals surface area (Å²) in [7, 11) is 0. The molecule has 2 aromatic rings. The fourth-order valence-electron chi connectivity index (χ4n) is 4.28. The molecule has 1 saturated heterocycles. The van der Waals surface area contributed by atoms with Crippen LogP contribution < -0.4 is 10.6 Å². The summed E-state index contributed by atoms with van der Waals surface area (Å²) in [5, 5.41) is 22.3. The van der Waals surface area contributed by atoms with Crippen molar-refractivity contribution in [2.75, 3.05) is 0 Å². The van der Waals surface area contributed by atoms with E-state index in [1.54, 1.807) is 12.3 Å². The minimum atomic E-state index is -0.755. The minimum Gasteiger partial charge on any atom is -0.339 e. The van der Waals surface area contributed by atoms with Gasteiger partial charge >= 0.3 is 0 Å². The molecule has 7 heteroatoms. The molecule has 3 N–H and O–H groups in total. The number of rotatable bonds is 5. The van der Waals surface area contributed by atoms with Crippen LogP contribution in [0.1, 0.15) is 30.5 Å². The average molecular weight is 367 g/mol. The van der Waals surface area contributed by atoms with E-state index in [-0.39, 0.29) is 24.2 Å². The van der Waals surface area contributed by atoms with E-state index in [1.807, 2.05) is 13.0 Å². The van der Waals surface area contributed by atoms with E-state index in [2.05, 4.69) is 26.9 Å². The topological polar surface area (TPSA) is 93.6 Å². The fourth-order valence-corrected chi connectivity index (χ4v) is 4.28. The highest BCUT2D eigenvalue weighted by Crippen LogP contribution is 2.35. The molecule has 0 spiro atoms. The van der Waals surface area contributed by atoms with Crippen LogP contribution in [0, 0.1) is 30.0 Å². The number of carbonyl (C=O) groups is 1. The molecule has 2 heterocycles. The Bertz CT molecular complexity index is 902. The number of nitriles is 1. The smallest absolute Gasteiger partial charge is 0.238 e. The Balaban J connectivity index is 1.43. The summed E-state index contributed by atoms with van der Waals surface area (Å²) in [4.78, 5) is 12.5. The van der Waals surface area contributed by atoms with Crippen LogP contribution in [-0.4, -0.2) is 34.2 Å². The Hall–Kier alpha value is -2.72. The van der Waals surface area contributed by atoms with Crippen molar-refractivity contribution in [1.29, 1.82) is 5.26 Å². The minimum absolute atomic E-state index is 0.138. The third-order valence-electron chi connectivity index (χ3n) is 5.73. The third kappa shape index (κ3) is 3.45. The lowest BCUT2D eigenvalue weighted by atomic mass is 9.98. The van der Waals surface area contributed by atoms with Gasteiger partial charge in [0.25, 0.3) is 0 Å². The quantitative estimate of drug-likeness (QED) is 0.755. The van der Waals surface area contributed by atoms with E-state index in [0.717, 1.165) is 36.1 Å². The number of piperidine rings is 1. The Kier molecular flexibility index (Phi) is 4.66. The van der Waals surface area contributed by atoms with E-state index >= 15 is 0 Å². The molecule has 1 aromatic carbocycles. The lowest BCUT2D eigenvalue weighted by Gasteiger charge is -2.23. The van der Waals surface area contributed by atoms with Gasteiger partial charge in [-0.3, -0.25) is 9.89 Å². The number of nitrogens with one attached hydrogen (secondary N) is 3. The standard InChI is InChI=1S/C20H22FN5O/c1-11-17(10-23-26-11)12-2-3-13(18(21)8-12)6-16(9-22)25-20(27)19-14-4-5-15(7-14)24-19/h2-3,8,10,14-16,19,24H,4-7H2,1H3,(H,23,26)(H,25,27)/t14?,15-,16?,19+/m1/s1. The number of aromatic nitrogens is 2. The van der Waals surface area contributed by atoms with Gasteiger partial charge < -0.3 is 10.6 Å². The molecule has 0 radical (unpaired) electrons. The lowest BCUT2D eigenvalue weighted by Crippen LogP contribution is -2.50. The van der Waals surface area contributed by atoms with Gasteiger partial charge in [-0.25, -0.2) is 4.39 Å². The zero-order chi connectivity index (χ0) is 19.0. The zero-order valence-electron chi connectivity index (χ0n) is 15.1. The van der Waals surface area contributed by atoms with Gasteiger partial charge in [0.05, 0.1) is 18.3 Å². The largest absolute Gasteiger partial charge is 0.339 e. The summed E-state index contributed by atoms with van der Waals surface area (Å²) >= 11 is 0. The number of hydrogen-bond acceptors (Lipinski definition) is 4. The van der Waals surface area contributed by atoms with Crippen LogP contribution in [0.2, 0.25) is 0 Å². The maximum Gasteiger partial charge on any atom is 0.238 e. The van der Waals surface area contributed by atoms with Crippen LogP contribution in [0.3, 0.4) is 0 Å². The van der Waals surface area contributed by atoms with Crippen LogP contribution in [0.15, 0.2) is 24.4 Å². The predicted octanol–water partition coefficient (Wildman–Crippen LogP) is 2.22. The van der Waals surface area contributed by atoms with Crippen molar-refractivity contribution >= 4 is 5.91 Å². The Morgan fingerprint density at radius 3 is 2.93 bits per heavy atom. The number of nitrogens with zero attached hydrogens (tertiary/aromatic N) is 2. The Morgan fingerprint density at radius 1 is 1.48 bits per heavy atom. The summed E-state index contributed by atoms with van der Waals surface area (Å²) in [6, 6.07) is 6.45. The monoisotopic (exact) mass is 367 g/mol. The molecule has 1 aliphatic heterocycles. The Labute approximate surface area is 157 Å². The number of H-pyrrole nitrogens is 1. The molecule has 2 fully saturated rings. The lowest BCUT2D eigenvalue weighted by molar-refractivity contribution is -0.124. The number of hydrogen-bond donors (Lipinski definition) is 3. The Morgan fingerprint density at radius 2 is 2.33 bits per heavy atom. The first-order valence-electron chi connectivity index (χ1n) is 9.30. The highest BCUT2D eigenvalue weighted by Gasteiger charge is 2.43. The fraction of sp³-hybridized carbons (Fsp3) is 0.450. The molecule has 4 atom stereocenters. The number of aryl methyl sites for hydroxylation is 1. The molecule has 2 bridgehead atoms. The maximum absolute atomic E-state index is 14.6. The number of fused-ring (bicyclic) bond motifs is 2. The van der Waals surface area contributed by atoms with E-state index in [4.69, 9.17) is 0 Å². The average Bonchev–Trinajstić information content (AvgIpc) is 3.39. The third-order valence-corrected chi connectivity index (χ3v) is 5.73. The normalized spacial score (nSPS) is 24.6. The van der Waals surface area contributed by atoms with Crippen LogP contribution in [0.4, 0.5) is 4.39 Å². The molecular formula is C20H22FN5O. The van der Waals surface area contributed by atoms with Crippen molar-refractivity contribution in [2.24, 2.45) is 5.92 Å². The molecule has 4 rings (SSSR count). The van der Waals surface area contributed by atoms with Gasteiger partial charge in [-0.1, -0.05) is 12.1 Å². The second-order valence-corrected chi connectivity index (χ2v) is 7.52. The van der Waals surface area contributed by atoms with Crippen LogP contribution in [0.5, 0.6) is 0 Å². The van der Waals surface area contributed by atoms with Crippen LogP contribution >= 0.6 is 0 Å². The first-order valence-corrected chi connectivity index (χ1v) is 9.30. The number of halogens is 1. The maximum atomic E-state index is 14.6. The van der Waals surface area contributed by atoms with E-state index in [9.17, 15) is 14.4 Å². The highest BCUT2D eigenvalue weighted by molar-refractivity contribution is 5.83. The van der Waals surface area contributed by atoms with Gasteiger partial charge in [-0.05, 0) is 49.3 Å². The van der Waals surface area contributed by atoms with E-state index in [0.29, 0.717) is 17.5 Å². The first-order chi connectivity index (χ1) is 13.0. The summed E-state index contributed by atoms with van der Waals surface area (Å²) < 4.78 is 14.6. The van der Waals surface area contributed by atoms with E-state index < -0.39 is 6.04 Å². The van der Waals surface area contributed by atoms with Gasteiger partial charge in [0.15, 0.2) is 0 Å². The van der Waals surface area contributed by atoms with Crippen LogP contribution in [-0.2, 0) is 11.2 Å². The zero-order valence-corrected chi connectivity index (χ0v) is 15.1. The predicted molar refractivity (Wildman–Crippen MR) is 98.0 cm³/mol. The molecule has 2 unspecified atom stereocenters. The number of carbonyl (C=O) groups excluding carboxylic acids is 1. The number of amides is 1. The second kappa shape index (κ2) is 7.12. The van der Waals surface area contributed by atoms with Gasteiger partial charge in [0, 0.05) is 23.7 Å².